The summed E-state index contributed by atoms with van der Waals surface area (Å²) in [6, 6.07) is 12.7. The van der Waals surface area contributed by atoms with Crippen LogP contribution in [-0.4, -0.2) is 33.7 Å². The maximum Gasteiger partial charge on any atom is 0.266 e. The minimum absolute atomic E-state index is 0.00817. The standard InChI is InChI=1S/C22H21ClN2O3S2/c1-13(2)25-21(27)19(30-22(25)29)11-15-6-9-18(17(23)10-15)28-12-20(26)24-16-7-4-14(3)5-8-16/h4-11,13H,12H2,1-3H3,(H,24,26)/b19-11-. The van der Waals surface area contributed by atoms with Crippen molar-refractivity contribution in [3.63, 3.8) is 0 Å². The van der Waals surface area contributed by atoms with Crippen molar-refractivity contribution in [3.05, 3.63) is 63.5 Å². The van der Waals surface area contributed by atoms with Crippen molar-refractivity contribution in [2.45, 2.75) is 26.8 Å². The van der Waals surface area contributed by atoms with Crippen molar-refractivity contribution in [2.75, 3.05) is 11.9 Å². The molecule has 1 aliphatic rings. The largest absolute Gasteiger partial charge is 0.482 e. The summed E-state index contributed by atoms with van der Waals surface area (Å²) in [5, 5.41) is 3.12. The molecule has 8 heteroatoms. The minimum atomic E-state index is -0.281. The molecule has 30 heavy (non-hydrogen) atoms. The van der Waals surface area contributed by atoms with Gasteiger partial charge in [0.15, 0.2) is 6.61 Å². The minimum Gasteiger partial charge on any atom is -0.482 e. The number of carbonyl (C=O) groups is 2. The molecule has 2 aromatic rings. The number of thioether (sulfide) groups is 1. The Kier molecular flexibility index (Phi) is 7.18. The van der Waals surface area contributed by atoms with E-state index < -0.39 is 0 Å². The van der Waals surface area contributed by atoms with Gasteiger partial charge in [-0.2, -0.15) is 0 Å². The van der Waals surface area contributed by atoms with Crippen LogP contribution in [0.25, 0.3) is 6.08 Å². The van der Waals surface area contributed by atoms with Crippen molar-refractivity contribution in [2.24, 2.45) is 0 Å². The first-order valence-electron chi connectivity index (χ1n) is 9.30. The lowest BCUT2D eigenvalue weighted by Gasteiger charge is -2.18. The predicted octanol–water partition coefficient (Wildman–Crippen LogP) is 5.28. The van der Waals surface area contributed by atoms with Crippen LogP contribution in [0.4, 0.5) is 5.69 Å². The second-order valence-corrected chi connectivity index (χ2v) is 9.12. The average molecular weight is 461 g/mol. The summed E-state index contributed by atoms with van der Waals surface area (Å²) in [4.78, 5) is 26.7. The third kappa shape index (κ3) is 5.41. The van der Waals surface area contributed by atoms with Gasteiger partial charge in [0.2, 0.25) is 0 Å². The summed E-state index contributed by atoms with van der Waals surface area (Å²) >= 11 is 12.9. The number of ether oxygens (including phenoxy) is 1. The highest BCUT2D eigenvalue weighted by atomic mass is 35.5. The number of thiocarbonyl (C=S) groups is 1. The monoisotopic (exact) mass is 460 g/mol. The molecule has 0 aliphatic carbocycles. The second-order valence-electron chi connectivity index (χ2n) is 7.04. The van der Waals surface area contributed by atoms with Gasteiger partial charge in [-0.3, -0.25) is 14.5 Å². The number of nitrogens with one attached hydrogen (secondary N) is 1. The first kappa shape index (κ1) is 22.3. The number of anilines is 1. The molecule has 156 valence electrons. The summed E-state index contributed by atoms with van der Waals surface area (Å²) < 4.78 is 6.09. The molecule has 1 heterocycles. The molecule has 1 aliphatic heterocycles. The molecule has 3 rings (SSSR count). The van der Waals surface area contributed by atoms with Gasteiger partial charge in [0.1, 0.15) is 10.1 Å². The van der Waals surface area contributed by atoms with E-state index in [9.17, 15) is 9.59 Å². The smallest absolute Gasteiger partial charge is 0.266 e. The van der Waals surface area contributed by atoms with Crippen LogP contribution in [0.5, 0.6) is 5.75 Å². The van der Waals surface area contributed by atoms with E-state index >= 15 is 0 Å². The van der Waals surface area contributed by atoms with Gasteiger partial charge in [0, 0.05) is 11.7 Å². The molecule has 2 aromatic carbocycles. The van der Waals surface area contributed by atoms with E-state index in [2.05, 4.69) is 5.32 Å². The highest BCUT2D eigenvalue weighted by Crippen LogP contribution is 2.35. The lowest BCUT2D eigenvalue weighted by atomic mass is 10.2. The van der Waals surface area contributed by atoms with E-state index in [0.717, 1.165) is 11.1 Å². The van der Waals surface area contributed by atoms with Crippen molar-refractivity contribution >= 4 is 63.5 Å². The van der Waals surface area contributed by atoms with Gasteiger partial charge in [-0.15, -0.1) is 0 Å². The topological polar surface area (TPSA) is 58.6 Å². The van der Waals surface area contributed by atoms with E-state index in [1.54, 1.807) is 29.2 Å². The predicted molar refractivity (Wildman–Crippen MR) is 127 cm³/mol. The zero-order chi connectivity index (χ0) is 21.8. The number of rotatable bonds is 6. The Morgan fingerprint density at radius 2 is 1.97 bits per heavy atom. The summed E-state index contributed by atoms with van der Waals surface area (Å²) in [5.74, 6) is 0.00295. The average Bonchev–Trinajstić information content (AvgIpc) is 2.96. The Morgan fingerprint density at radius 1 is 1.27 bits per heavy atom. The first-order chi connectivity index (χ1) is 14.2. The lowest BCUT2D eigenvalue weighted by Crippen LogP contribution is -2.34. The highest BCUT2D eigenvalue weighted by Gasteiger charge is 2.33. The van der Waals surface area contributed by atoms with Crippen molar-refractivity contribution in [3.8, 4) is 5.75 Å². The normalized spacial score (nSPS) is 15.2. The molecular weight excluding hydrogens is 440 g/mol. The van der Waals surface area contributed by atoms with Gasteiger partial charge in [-0.1, -0.05) is 59.3 Å². The fourth-order valence-electron chi connectivity index (χ4n) is 2.78. The van der Waals surface area contributed by atoms with Crippen LogP contribution in [0.2, 0.25) is 5.02 Å². The number of hydrogen-bond acceptors (Lipinski definition) is 5. The number of halogens is 1. The van der Waals surface area contributed by atoms with E-state index in [-0.39, 0.29) is 24.5 Å². The van der Waals surface area contributed by atoms with Crippen LogP contribution >= 0.6 is 35.6 Å². The van der Waals surface area contributed by atoms with Crippen molar-refractivity contribution in [1.82, 2.24) is 4.90 Å². The molecule has 1 saturated heterocycles. The van der Waals surface area contributed by atoms with E-state index in [1.165, 1.54) is 11.8 Å². The molecule has 0 radical (unpaired) electrons. The summed E-state index contributed by atoms with van der Waals surface area (Å²) in [6.45, 7) is 5.66. The maximum atomic E-state index is 12.5. The number of nitrogens with zero attached hydrogens (tertiary/aromatic N) is 1. The Morgan fingerprint density at radius 3 is 2.57 bits per heavy atom. The van der Waals surface area contributed by atoms with Crippen LogP contribution < -0.4 is 10.1 Å². The van der Waals surface area contributed by atoms with Gasteiger partial charge >= 0.3 is 0 Å². The summed E-state index contributed by atoms with van der Waals surface area (Å²) in [6.07, 6.45) is 1.75. The number of aryl methyl sites for hydroxylation is 1. The molecule has 0 unspecified atom stereocenters. The second kappa shape index (κ2) is 9.64. The Bertz CT molecular complexity index is 1020. The molecule has 0 spiro atoms. The number of benzene rings is 2. The SMILES string of the molecule is Cc1ccc(NC(=O)COc2ccc(/C=C3\SC(=S)N(C(C)C)C3=O)cc2Cl)cc1. The zero-order valence-electron chi connectivity index (χ0n) is 16.8. The Labute approximate surface area is 190 Å². The van der Waals surface area contributed by atoms with E-state index in [1.807, 2.05) is 45.0 Å². The third-order valence-corrected chi connectivity index (χ3v) is 5.91. The van der Waals surface area contributed by atoms with E-state index in [4.69, 9.17) is 28.6 Å². The molecule has 1 N–H and O–H groups in total. The molecule has 0 saturated carbocycles. The van der Waals surface area contributed by atoms with Gasteiger partial charge < -0.3 is 10.1 Å². The molecule has 1 fully saturated rings. The quantitative estimate of drug-likeness (QED) is 0.469. The van der Waals surface area contributed by atoms with Crippen molar-refractivity contribution in [1.29, 1.82) is 0 Å². The van der Waals surface area contributed by atoms with Crippen LogP contribution in [0.1, 0.15) is 25.0 Å². The van der Waals surface area contributed by atoms with Gasteiger partial charge in [-0.25, -0.2) is 0 Å². The Balaban J connectivity index is 1.63. The third-order valence-electron chi connectivity index (χ3n) is 4.29. The summed E-state index contributed by atoms with van der Waals surface area (Å²) in [5.41, 5.74) is 2.57. The molecule has 5 nitrogen and oxygen atoms in total. The molecule has 2 amide bonds. The first-order valence-corrected chi connectivity index (χ1v) is 10.9. The van der Waals surface area contributed by atoms with Crippen LogP contribution in [0.15, 0.2) is 47.4 Å². The molecular formula is C22H21ClN2O3S2. The van der Waals surface area contributed by atoms with Gasteiger partial charge in [0.25, 0.3) is 11.8 Å². The summed E-state index contributed by atoms with van der Waals surface area (Å²) in [7, 11) is 0. The fraction of sp³-hybridized carbons (Fsp3) is 0.227. The lowest BCUT2D eigenvalue weighted by molar-refractivity contribution is -0.123. The van der Waals surface area contributed by atoms with E-state index in [0.29, 0.717) is 25.7 Å². The highest BCUT2D eigenvalue weighted by molar-refractivity contribution is 8.26. The Hall–Kier alpha value is -2.35. The zero-order valence-corrected chi connectivity index (χ0v) is 19.2. The van der Waals surface area contributed by atoms with Crippen LogP contribution in [-0.2, 0) is 9.59 Å². The van der Waals surface area contributed by atoms with Crippen LogP contribution in [0.3, 0.4) is 0 Å². The number of amides is 2. The molecule has 0 bridgehead atoms. The number of carbonyl (C=O) groups excluding carboxylic acids is 2. The maximum absolute atomic E-state index is 12.5. The van der Waals surface area contributed by atoms with Crippen LogP contribution in [0, 0.1) is 6.92 Å². The molecule has 0 atom stereocenters. The van der Waals surface area contributed by atoms with Gasteiger partial charge in [0.05, 0.1) is 9.93 Å². The van der Waals surface area contributed by atoms with Crippen molar-refractivity contribution < 1.29 is 14.3 Å². The number of hydrogen-bond donors (Lipinski definition) is 1. The fourth-order valence-corrected chi connectivity index (χ4v) is 4.55. The van der Waals surface area contributed by atoms with Gasteiger partial charge in [-0.05, 0) is 56.7 Å². The molecule has 0 aromatic heterocycles.